The lowest BCUT2D eigenvalue weighted by Gasteiger charge is -2.31. The number of benzene rings is 1. The molecule has 1 amide bonds. The van der Waals surface area contributed by atoms with Crippen molar-refractivity contribution in [2.75, 3.05) is 19.6 Å². The molecular weight excluding hydrogens is 300 g/mol. The Morgan fingerprint density at radius 3 is 2.75 bits per heavy atom. The fourth-order valence-electron chi connectivity index (χ4n) is 3.11. The van der Waals surface area contributed by atoms with Gasteiger partial charge in [0.2, 0.25) is 5.91 Å². The molecule has 1 aromatic carbocycles. The second-order valence-electron chi connectivity index (χ2n) is 6.30. The van der Waals surface area contributed by atoms with Gasteiger partial charge in [-0.1, -0.05) is 18.2 Å². The van der Waals surface area contributed by atoms with Gasteiger partial charge in [0, 0.05) is 43.0 Å². The lowest BCUT2D eigenvalue weighted by molar-refractivity contribution is -0.127. The highest BCUT2D eigenvalue weighted by Crippen LogP contribution is 2.19. The molecule has 5 nitrogen and oxygen atoms in total. The van der Waals surface area contributed by atoms with Gasteiger partial charge in [-0.05, 0) is 39.0 Å². The maximum absolute atomic E-state index is 12.4. The Balaban J connectivity index is 1.80. The molecule has 2 heterocycles. The van der Waals surface area contributed by atoms with Gasteiger partial charge in [-0.2, -0.15) is 5.10 Å². The van der Waals surface area contributed by atoms with Crippen molar-refractivity contribution in [3.63, 3.8) is 0 Å². The van der Waals surface area contributed by atoms with Crippen LogP contribution in [-0.4, -0.2) is 46.3 Å². The average Bonchev–Trinajstić information content (AvgIpc) is 2.88. The molecule has 1 saturated heterocycles. The van der Waals surface area contributed by atoms with E-state index in [1.165, 1.54) is 0 Å². The minimum Gasteiger partial charge on any atom is -0.336 e. The Morgan fingerprint density at radius 1 is 1.29 bits per heavy atom. The van der Waals surface area contributed by atoms with Gasteiger partial charge in [0.25, 0.3) is 0 Å². The summed E-state index contributed by atoms with van der Waals surface area (Å²) in [5, 5.41) is 7.96. The number of amides is 1. The van der Waals surface area contributed by atoms with E-state index in [9.17, 15) is 4.79 Å². The summed E-state index contributed by atoms with van der Waals surface area (Å²) in [6.07, 6.45) is 3.57. The summed E-state index contributed by atoms with van der Waals surface area (Å²) in [7, 11) is 0. The van der Waals surface area contributed by atoms with Gasteiger partial charge < -0.3 is 10.2 Å². The molecule has 1 unspecified atom stereocenters. The number of aryl methyl sites for hydroxylation is 1. The second-order valence-corrected chi connectivity index (χ2v) is 6.30. The highest BCUT2D eigenvalue weighted by Gasteiger charge is 2.19. The quantitative estimate of drug-likeness (QED) is 0.882. The van der Waals surface area contributed by atoms with Crippen molar-refractivity contribution < 1.29 is 4.79 Å². The molecule has 0 bridgehead atoms. The summed E-state index contributed by atoms with van der Waals surface area (Å²) >= 11 is 0. The summed E-state index contributed by atoms with van der Waals surface area (Å²) in [6.45, 7) is 8.47. The van der Waals surface area contributed by atoms with E-state index in [0.717, 1.165) is 42.3 Å². The van der Waals surface area contributed by atoms with E-state index in [1.54, 1.807) is 6.08 Å². The van der Waals surface area contributed by atoms with Crippen molar-refractivity contribution in [3.8, 4) is 5.69 Å². The fourth-order valence-corrected chi connectivity index (χ4v) is 3.11. The molecule has 2 aromatic rings. The highest BCUT2D eigenvalue weighted by molar-refractivity contribution is 5.92. The monoisotopic (exact) mass is 324 g/mol. The molecule has 0 saturated carbocycles. The second kappa shape index (κ2) is 7.01. The van der Waals surface area contributed by atoms with Gasteiger partial charge in [-0.3, -0.25) is 4.79 Å². The third kappa shape index (κ3) is 3.41. The fraction of sp³-hybridized carbons (Fsp3) is 0.368. The van der Waals surface area contributed by atoms with E-state index in [2.05, 4.69) is 17.3 Å². The Hall–Kier alpha value is -2.40. The number of hydrogen-bond acceptors (Lipinski definition) is 3. The smallest absolute Gasteiger partial charge is 0.246 e. The standard InChI is InChI=1S/C19H24N4O/c1-14-13-22(12-11-20-14)19(24)10-9-18-15(2)21-23(16(18)3)17-7-5-4-6-8-17/h4-10,14,20H,11-13H2,1-3H3/b10-9+. The highest BCUT2D eigenvalue weighted by atomic mass is 16.2. The summed E-state index contributed by atoms with van der Waals surface area (Å²) in [5.41, 5.74) is 4.00. The van der Waals surface area contributed by atoms with Crippen molar-refractivity contribution in [1.29, 1.82) is 0 Å². The third-order valence-corrected chi connectivity index (χ3v) is 4.42. The SMILES string of the molecule is Cc1nn(-c2ccccc2)c(C)c1/C=C/C(=O)N1CCNC(C)C1. The summed E-state index contributed by atoms with van der Waals surface area (Å²) in [6, 6.07) is 10.4. The number of rotatable bonds is 3. The molecule has 0 spiro atoms. The summed E-state index contributed by atoms with van der Waals surface area (Å²) < 4.78 is 1.92. The maximum Gasteiger partial charge on any atom is 0.246 e. The van der Waals surface area contributed by atoms with Gasteiger partial charge in [0.1, 0.15) is 0 Å². The first kappa shape index (κ1) is 16.5. The molecule has 0 aliphatic carbocycles. The Bertz CT molecular complexity index is 748. The predicted molar refractivity (Wildman–Crippen MR) is 96.1 cm³/mol. The lowest BCUT2D eigenvalue weighted by atomic mass is 10.1. The van der Waals surface area contributed by atoms with Crippen molar-refractivity contribution >= 4 is 12.0 Å². The molecule has 1 aromatic heterocycles. The molecule has 0 radical (unpaired) electrons. The van der Waals surface area contributed by atoms with Crippen LogP contribution in [0.2, 0.25) is 0 Å². The van der Waals surface area contributed by atoms with Gasteiger partial charge in [0.15, 0.2) is 0 Å². The normalized spacial score (nSPS) is 18.3. The molecule has 24 heavy (non-hydrogen) atoms. The van der Waals surface area contributed by atoms with Crippen LogP contribution in [0.5, 0.6) is 0 Å². The van der Waals surface area contributed by atoms with Crippen LogP contribution in [0.25, 0.3) is 11.8 Å². The maximum atomic E-state index is 12.4. The Morgan fingerprint density at radius 2 is 2.04 bits per heavy atom. The molecule has 3 rings (SSSR count). The van der Waals surface area contributed by atoms with Crippen LogP contribution in [0.1, 0.15) is 23.9 Å². The van der Waals surface area contributed by atoms with E-state index in [0.29, 0.717) is 6.04 Å². The molecule has 1 aliphatic heterocycles. The van der Waals surface area contributed by atoms with Crippen LogP contribution in [0.15, 0.2) is 36.4 Å². The molecule has 1 fully saturated rings. The molecular formula is C19H24N4O. The van der Waals surface area contributed by atoms with Gasteiger partial charge in [0.05, 0.1) is 11.4 Å². The van der Waals surface area contributed by atoms with Crippen molar-refractivity contribution in [3.05, 3.63) is 53.4 Å². The van der Waals surface area contributed by atoms with E-state index in [4.69, 9.17) is 0 Å². The molecule has 1 N–H and O–H groups in total. The number of carbonyl (C=O) groups is 1. The number of aromatic nitrogens is 2. The van der Waals surface area contributed by atoms with Gasteiger partial charge in [-0.15, -0.1) is 0 Å². The topological polar surface area (TPSA) is 50.2 Å². The largest absolute Gasteiger partial charge is 0.336 e. The minimum atomic E-state index is 0.0645. The average molecular weight is 324 g/mol. The minimum absolute atomic E-state index is 0.0645. The lowest BCUT2D eigenvalue weighted by Crippen LogP contribution is -2.50. The Kier molecular flexibility index (Phi) is 4.81. The molecule has 1 aliphatic rings. The molecule has 1 atom stereocenters. The van der Waals surface area contributed by atoms with Crippen molar-refractivity contribution in [2.45, 2.75) is 26.8 Å². The van der Waals surface area contributed by atoms with Crippen LogP contribution in [0, 0.1) is 13.8 Å². The van der Waals surface area contributed by atoms with E-state index >= 15 is 0 Å². The number of nitrogens with one attached hydrogen (secondary N) is 1. The molecule has 5 heteroatoms. The first-order valence-corrected chi connectivity index (χ1v) is 8.38. The first-order chi connectivity index (χ1) is 11.6. The van der Waals surface area contributed by atoms with E-state index < -0.39 is 0 Å². The summed E-state index contributed by atoms with van der Waals surface area (Å²) in [4.78, 5) is 14.3. The van der Waals surface area contributed by atoms with Crippen LogP contribution >= 0.6 is 0 Å². The van der Waals surface area contributed by atoms with Crippen LogP contribution in [0.4, 0.5) is 0 Å². The zero-order chi connectivity index (χ0) is 17.1. The van der Waals surface area contributed by atoms with Crippen LogP contribution in [-0.2, 0) is 4.79 Å². The molecule has 126 valence electrons. The van der Waals surface area contributed by atoms with Crippen LogP contribution in [0.3, 0.4) is 0 Å². The third-order valence-electron chi connectivity index (χ3n) is 4.42. The number of nitrogens with zero attached hydrogens (tertiary/aromatic N) is 3. The van der Waals surface area contributed by atoms with E-state index in [-0.39, 0.29) is 5.91 Å². The zero-order valence-electron chi connectivity index (χ0n) is 14.5. The number of hydrogen-bond donors (Lipinski definition) is 1. The van der Waals surface area contributed by atoms with Crippen LogP contribution < -0.4 is 5.32 Å². The first-order valence-electron chi connectivity index (χ1n) is 8.38. The number of piperazine rings is 1. The van der Waals surface area contributed by atoms with Gasteiger partial charge >= 0.3 is 0 Å². The van der Waals surface area contributed by atoms with Gasteiger partial charge in [-0.25, -0.2) is 4.68 Å². The zero-order valence-corrected chi connectivity index (χ0v) is 14.5. The van der Waals surface area contributed by atoms with E-state index in [1.807, 2.05) is 59.8 Å². The number of carbonyl (C=O) groups excluding carboxylic acids is 1. The van der Waals surface area contributed by atoms with Crippen molar-refractivity contribution in [2.24, 2.45) is 0 Å². The predicted octanol–water partition coefficient (Wildman–Crippen LogP) is 2.32. The summed E-state index contributed by atoms with van der Waals surface area (Å²) in [5.74, 6) is 0.0645. The number of para-hydroxylation sites is 1. The van der Waals surface area contributed by atoms with Crippen molar-refractivity contribution in [1.82, 2.24) is 20.0 Å². The Labute approximate surface area is 143 Å².